The molecule has 2 aliphatic heterocycles. The first-order chi connectivity index (χ1) is 15.4. The average molecular weight is 451 g/mol. The van der Waals surface area contributed by atoms with Crippen molar-refractivity contribution in [3.63, 3.8) is 0 Å². The molecule has 0 radical (unpaired) electrons. The molecule has 0 bridgehead atoms. The van der Waals surface area contributed by atoms with Crippen LogP contribution in [-0.4, -0.2) is 29.8 Å². The molecule has 2 atom stereocenters. The number of carbonyl (C=O) groups is 2. The van der Waals surface area contributed by atoms with Gasteiger partial charge in [-0.15, -0.1) is 0 Å². The molecule has 2 aliphatic rings. The van der Waals surface area contributed by atoms with Gasteiger partial charge in [0.15, 0.2) is 0 Å². The predicted molar refractivity (Wildman–Crippen MR) is 130 cm³/mol. The number of aryl methyl sites for hydroxylation is 1. The molecule has 0 aliphatic carbocycles. The van der Waals surface area contributed by atoms with Crippen LogP contribution in [0.15, 0.2) is 54.2 Å². The molecule has 2 aromatic carbocycles. The van der Waals surface area contributed by atoms with Gasteiger partial charge in [-0.05, 0) is 66.5 Å². The van der Waals surface area contributed by atoms with Crippen molar-refractivity contribution in [2.45, 2.75) is 46.5 Å². The fourth-order valence-corrected chi connectivity index (χ4v) is 5.09. The molecule has 32 heavy (non-hydrogen) atoms. The summed E-state index contributed by atoms with van der Waals surface area (Å²) in [7, 11) is 0. The third-order valence-corrected chi connectivity index (χ3v) is 6.64. The number of hydrogen-bond acceptors (Lipinski definition) is 3. The number of likely N-dealkylation sites (tertiary alicyclic amines) is 1. The molecule has 1 fully saturated rings. The van der Waals surface area contributed by atoms with Crippen LogP contribution in [0.2, 0.25) is 5.02 Å². The molecule has 0 aromatic heterocycles. The van der Waals surface area contributed by atoms with Crippen molar-refractivity contribution in [2.75, 3.05) is 18.0 Å². The van der Waals surface area contributed by atoms with Crippen LogP contribution in [0.25, 0.3) is 5.57 Å². The molecule has 168 valence electrons. The number of imide groups is 1. The van der Waals surface area contributed by atoms with Gasteiger partial charge in [-0.25, -0.2) is 4.90 Å². The summed E-state index contributed by atoms with van der Waals surface area (Å²) in [5.41, 5.74) is 3.57. The number of benzene rings is 2. The van der Waals surface area contributed by atoms with Gasteiger partial charge in [0.2, 0.25) is 0 Å². The Labute approximate surface area is 195 Å². The lowest BCUT2D eigenvalue weighted by molar-refractivity contribution is -0.120. The number of carbonyl (C=O) groups excluding carboxylic acids is 2. The van der Waals surface area contributed by atoms with Gasteiger partial charge in [0, 0.05) is 18.1 Å². The fourth-order valence-electron chi connectivity index (χ4n) is 4.96. The molecule has 2 heterocycles. The molecule has 0 saturated carbocycles. The van der Waals surface area contributed by atoms with E-state index in [2.05, 4.69) is 25.7 Å². The molecule has 2 unspecified atom stereocenters. The van der Waals surface area contributed by atoms with Crippen LogP contribution in [0.3, 0.4) is 0 Å². The highest BCUT2D eigenvalue weighted by Crippen LogP contribution is 2.37. The maximum absolute atomic E-state index is 13.7. The number of rotatable bonds is 6. The monoisotopic (exact) mass is 450 g/mol. The van der Waals surface area contributed by atoms with E-state index in [1.807, 2.05) is 36.4 Å². The van der Waals surface area contributed by atoms with Gasteiger partial charge < -0.3 is 4.90 Å². The number of nitrogens with zero attached hydrogens (tertiary/aromatic N) is 2. The van der Waals surface area contributed by atoms with Crippen molar-refractivity contribution in [1.29, 1.82) is 0 Å². The van der Waals surface area contributed by atoms with Gasteiger partial charge in [0.1, 0.15) is 5.70 Å². The smallest absolute Gasteiger partial charge is 0.282 e. The third kappa shape index (κ3) is 4.47. The van der Waals surface area contributed by atoms with E-state index in [4.69, 9.17) is 11.6 Å². The Bertz CT molecular complexity index is 1020. The lowest BCUT2D eigenvalue weighted by Gasteiger charge is -2.37. The molecule has 1 saturated heterocycles. The van der Waals surface area contributed by atoms with Crippen LogP contribution in [0.5, 0.6) is 0 Å². The van der Waals surface area contributed by atoms with E-state index in [0.717, 1.165) is 44.3 Å². The Morgan fingerprint density at radius 3 is 2.12 bits per heavy atom. The van der Waals surface area contributed by atoms with Gasteiger partial charge in [-0.2, -0.15) is 0 Å². The summed E-state index contributed by atoms with van der Waals surface area (Å²) in [6, 6.07) is 15.0. The molecule has 4 nitrogen and oxygen atoms in total. The molecule has 4 rings (SSSR count). The topological polar surface area (TPSA) is 40.6 Å². The van der Waals surface area contributed by atoms with Crippen molar-refractivity contribution < 1.29 is 9.59 Å². The van der Waals surface area contributed by atoms with Gasteiger partial charge in [0.25, 0.3) is 11.8 Å². The zero-order valence-corrected chi connectivity index (χ0v) is 19.9. The molecule has 2 aromatic rings. The summed E-state index contributed by atoms with van der Waals surface area (Å²) in [6.07, 6.45) is 4.39. The summed E-state index contributed by atoms with van der Waals surface area (Å²) in [4.78, 5) is 30.8. The number of unbranched alkanes of at least 4 members (excludes halogenated alkanes) is 1. The van der Waals surface area contributed by atoms with Crippen molar-refractivity contribution in [3.8, 4) is 0 Å². The summed E-state index contributed by atoms with van der Waals surface area (Å²) in [5.74, 6) is 0.433. The van der Waals surface area contributed by atoms with Gasteiger partial charge in [-0.1, -0.05) is 63.1 Å². The number of halogens is 1. The summed E-state index contributed by atoms with van der Waals surface area (Å²) < 4.78 is 0. The van der Waals surface area contributed by atoms with Crippen LogP contribution >= 0.6 is 11.6 Å². The van der Waals surface area contributed by atoms with E-state index in [1.165, 1.54) is 10.5 Å². The maximum Gasteiger partial charge on any atom is 0.282 e. The Kier molecular flexibility index (Phi) is 6.71. The molecule has 0 spiro atoms. The summed E-state index contributed by atoms with van der Waals surface area (Å²) in [6.45, 7) is 8.14. The van der Waals surface area contributed by atoms with Crippen molar-refractivity contribution >= 4 is 34.7 Å². The van der Waals surface area contributed by atoms with E-state index in [1.54, 1.807) is 12.1 Å². The summed E-state index contributed by atoms with van der Waals surface area (Å²) in [5, 5.41) is 0.604. The Morgan fingerprint density at radius 2 is 1.53 bits per heavy atom. The Morgan fingerprint density at radius 1 is 0.906 bits per heavy atom. The maximum atomic E-state index is 13.7. The lowest BCUT2D eigenvalue weighted by Crippen LogP contribution is -2.42. The van der Waals surface area contributed by atoms with E-state index < -0.39 is 0 Å². The zero-order valence-electron chi connectivity index (χ0n) is 19.1. The quantitative estimate of drug-likeness (QED) is 0.511. The van der Waals surface area contributed by atoms with Crippen LogP contribution in [0.1, 0.15) is 51.2 Å². The molecule has 5 heteroatoms. The number of piperidine rings is 1. The highest BCUT2D eigenvalue weighted by Gasteiger charge is 2.43. The van der Waals surface area contributed by atoms with Crippen LogP contribution in [0.4, 0.5) is 5.69 Å². The minimum atomic E-state index is -0.264. The Balaban J connectivity index is 1.73. The molecular formula is C27H31ClN2O2. The first kappa shape index (κ1) is 22.6. The predicted octanol–water partition coefficient (Wildman–Crippen LogP) is 5.95. The zero-order chi connectivity index (χ0) is 22.8. The average Bonchev–Trinajstić information content (AvgIpc) is 3.02. The van der Waals surface area contributed by atoms with E-state index in [-0.39, 0.29) is 11.8 Å². The SMILES string of the molecule is CCCCc1ccc(N2C(=O)C(c3ccc(Cl)cc3)=C(N3CC(C)CC(C)C3)C2=O)cc1. The Hall–Kier alpha value is -2.59. The first-order valence-corrected chi connectivity index (χ1v) is 12.0. The number of hydrogen-bond donors (Lipinski definition) is 0. The lowest BCUT2D eigenvalue weighted by atomic mass is 9.91. The van der Waals surface area contributed by atoms with E-state index in [9.17, 15) is 9.59 Å². The third-order valence-electron chi connectivity index (χ3n) is 6.39. The first-order valence-electron chi connectivity index (χ1n) is 11.6. The van der Waals surface area contributed by atoms with Crippen LogP contribution < -0.4 is 4.90 Å². The normalized spacial score (nSPS) is 21.6. The fraction of sp³-hybridized carbons (Fsp3) is 0.407. The highest BCUT2D eigenvalue weighted by molar-refractivity contribution is 6.45. The van der Waals surface area contributed by atoms with Crippen molar-refractivity contribution in [3.05, 3.63) is 70.4 Å². The standard InChI is InChI=1S/C27H31ClN2O2/c1-4-5-6-20-7-13-23(14-8-20)30-26(31)24(21-9-11-22(28)12-10-21)25(27(30)32)29-16-18(2)15-19(3)17-29/h7-14,18-19H,4-6,15-17H2,1-3H3. The van der Waals surface area contributed by atoms with Gasteiger partial charge >= 0.3 is 0 Å². The van der Waals surface area contributed by atoms with Crippen LogP contribution in [0, 0.1) is 11.8 Å². The van der Waals surface area contributed by atoms with Crippen LogP contribution in [-0.2, 0) is 16.0 Å². The van der Waals surface area contributed by atoms with E-state index >= 15 is 0 Å². The molecule has 0 N–H and O–H groups in total. The minimum Gasteiger partial charge on any atom is -0.366 e. The number of anilines is 1. The minimum absolute atomic E-state index is 0.234. The second-order valence-corrected chi connectivity index (χ2v) is 9.73. The second-order valence-electron chi connectivity index (χ2n) is 9.30. The molecule has 2 amide bonds. The number of amides is 2. The second kappa shape index (κ2) is 9.50. The van der Waals surface area contributed by atoms with Crippen molar-refractivity contribution in [1.82, 2.24) is 4.90 Å². The van der Waals surface area contributed by atoms with Gasteiger partial charge in [0.05, 0.1) is 11.3 Å². The molecular weight excluding hydrogens is 420 g/mol. The largest absolute Gasteiger partial charge is 0.366 e. The highest BCUT2D eigenvalue weighted by atomic mass is 35.5. The van der Waals surface area contributed by atoms with Crippen molar-refractivity contribution in [2.24, 2.45) is 11.8 Å². The summed E-state index contributed by atoms with van der Waals surface area (Å²) >= 11 is 6.09. The van der Waals surface area contributed by atoms with Gasteiger partial charge in [-0.3, -0.25) is 9.59 Å². The van der Waals surface area contributed by atoms with E-state index in [0.29, 0.717) is 33.8 Å².